The van der Waals surface area contributed by atoms with Crippen molar-refractivity contribution in [2.24, 2.45) is 0 Å². The van der Waals surface area contributed by atoms with Gasteiger partial charge in [0.2, 0.25) is 0 Å². The summed E-state index contributed by atoms with van der Waals surface area (Å²) < 4.78 is 47.5. The highest BCUT2D eigenvalue weighted by atomic mass is 32.2. The summed E-state index contributed by atoms with van der Waals surface area (Å²) in [5.41, 5.74) is 3.54. The SMILES string of the molecule is CS(=O)Cc1cccc2c(C(CCC#N)c3ccc4c(c3)OC(F)(F)O4)c[nH]c12. The lowest BCUT2D eigenvalue weighted by atomic mass is 9.87. The number of ether oxygens (including phenoxy) is 2. The fraction of sp³-hybridized carbons (Fsp3) is 0.286. The van der Waals surface area contributed by atoms with Gasteiger partial charge in [-0.2, -0.15) is 5.26 Å². The van der Waals surface area contributed by atoms with Crippen molar-refractivity contribution in [3.8, 4) is 17.6 Å². The lowest BCUT2D eigenvalue weighted by Gasteiger charge is -2.16. The number of benzene rings is 2. The highest BCUT2D eigenvalue weighted by molar-refractivity contribution is 7.83. The van der Waals surface area contributed by atoms with Gasteiger partial charge < -0.3 is 14.5 Å². The van der Waals surface area contributed by atoms with E-state index in [1.54, 1.807) is 18.4 Å². The Morgan fingerprint density at radius 1 is 1.24 bits per heavy atom. The molecule has 0 saturated carbocycles. The second kappa shape index (κ2) is 7.48. The minimum atomic E-state index is -3.67. The number of fused-ring (bicyclic) bond motifs is 2. The van der Waals surface area contributed by atoms with E-state index in [0.29, 0.717) is 18.6 Å². The number of H-pyrrole nitrogens is 1. The van der Waals surface area contributed by atoms with Crippen molar-refractivity contribution in [2.75, 3.05) is 6.26 Å². The summed E-state index contributed by atoms with van der Waals surface area (Å²) in [6.45, 7) is 0. The Morgan fingerprint density at radius 2 is 2.03 bits per heavy atom. The molecule has 2 aromatic carbocycles. The minimum Gasteiger partial charge on any atom is -0.395 e. The molecule has 2 unspecified atom stereocenters. The van der Waals surface area contributed by atoms with Gasteiger partial charge in [0.15, 0.2) is 11.5 Å². The zero-order valence-electron chi connectivity index (χ0n) is 15.6. The van der Waals surface area contributed by atoms with Crippen LogP contribution in [-0.2, 0) is 16.6 Å². The molecule has 1 aromatic heterocycles. The predicted molar refractivity (Wildman–Crippen MR) is 105 cm³/mol. The van der Waals surface area contributed by atoms with Gasteiger partial charge in [-0.3, -0.25) is 4.21 Å². The van der Waals surface area contributed by atoms with E-state index >= 15 is 0 Å². The van der Waals surface area contributed by atoms with Gasteiger partial charge in [0.1, 0.15) is 0 Å². The van der Waals surface area contributed by atoms with Crippen LogP contribution in [0.15, 0.2) is 42.6 Å². The molecule has 0 bridgehead atoms. The lowest BCUT2D eigenvalue weighted by Crippen LogP contribution is -2.25. The van der Waals surface area contributed by atoms with Gasteiger partial charge in [-0.15, -0.1) is 8.78 Å². The van der Waals surface area contributed by atoms with Crippen LogP contribution in [0.5, 0.6) is 11.5 Å². The van der Waals surface area contributed by atoms with Crippen molar-refractivity contribution < 1.29 is 22.5 Å². The molecule has 0 radical (unpaired) electrons. The molecule has 1 aliphatic heterocycles. The molecule has 5 nitrogen and oxygen atoms in total. The van der Waals surface area contributed by atoms with Crippen LogP contribution in [-0.4, -0.2) is 21.7 Å². The summed E-state index contributed by atoms with van der Waals surface area (Å²) in [6.07, 6.45) is 0.674. The first-order valence-corrected chi connectivity index (χ1v) is 10.8. The summed E-state index contributed by atoms with van der Waals surface area (Å²) >= 11 is 0. The maximum Gasteiger partial charge on any atom is 0.586 e. The van der Waals surface area contributed by atoms with Gasteiger partial charge in [-0.05, 0) is 35.2 Å². The van der Waals surface area contributed by atoms with E-state index < -0.39 is 17.1 Å². The van der Waals surface area contributed by atoms with Gasteiger partial charge in [-0.25, -0.2) is 0 Å². The molecule has 1 aliphatic rings. The third kappa shape index (κ3) is 3.83. The van der Waals surface area contributed by atoms with Crippen molar-refractivity contribution in [1.29, 1.82) is 5.26 Å². The number of alkyl halides is 2. The topological polar surface area (TPSA) is 75.1 Å². The smallest absolute Gasteiger partial charge is 0.395 e. The maximum atomic E-state index is 13.4. The molecule has 0 amide bonds. The van der Waals surface area contributed by atoms with Crippen molar-refractivity contribution in [1.82, 2.24) is 4.98 Å². The number of para-hydroxylation sites is 1. The zero-order valence-corrected chi connectivity index (χ0v) is 16.4. The monoisotopic (exact) mass is 416 g/mol. The van der Waals surface area contributed by atoms with Crippen LogP contribution in [0.4, 0.5) is 8.78 Å². The summed E-state index contributed by atoms with van der Waals surface area (Å²) in [6, 6.07) is 12.7. The van der Waals surface area contributed by atoms with E-state index in [1.165, 1.54) is 6.07 Å². The Hall–Kier alpha value is -2.92. The van der Waals surface area contributed by atoms with Gasteiger partial charge in [0, 0.05) is 46.5 Å². The fourth-order valence-electron chi connectivity index (χ4n) is 3.76. The van der Waals surface area contributed by atoms with Crippen molar-refractivity contribution in [3.63, 3.8) is 0 Å². The molecule has 2 heterocycles. The Morgan fingerprint density at radius 3 is 2.79 bits per heavy atom. The highest BCUT2D eigenvalue weighted by Crippen LogP contribution is 2.44. The normalized spacial score (nSPS) is 16.5. The van der Waals surface area contributed by atoms with Crippen LogP contribution in [0.1, 0.15) is 35.4 Å². The van der Waals surface area contributed by atoms with Crippen LogP contribution < -0.4 is 9.47 Å². The molecule has 4 rings (SSSR count). The van der Waals surface area contributed by atoms with Crippen LogP contribution in [0.25, 0.3) is 10.9 Å². The van der Waals surface area contributed by atoms with Gasteiger partial charge in [0.05, 0.1) is 11.8 Å². The second-order valence-electron chi connectivity index (χ2n) is 6.92. The largest absolute Gasteiger partial charge is 0.586 e. The number of aromatic amines is 1. The predicted octanol–water partition coefficient (Wildman–Crippen LogP) is 4.80. The third-order valence-electron chi connectivity index (χ3n) is 4.94. The maximum absolute atomic E-state index is 13.4. The van der Waals surface area contributed by atoms with Crippen LogP contribution in [0, 0.1) is 11.3 Å². The molecule has 2 atom stereocenters. The van der Waals surface area contributed by atoms with E-state index in [4.69, 9.17) is 5.26 Å². The average Bonchev–Trinajstić information content (AvgIpc) is 3.21. The number of rotatable bonds is 6. The third-order valence-corrected chi connectivity index (χ3v) is 5.66. The summed E-state index contributed by atoms with van der Waals surface area (Å²) in [5, 5.41) is 10.1. The van der Waals surface area contributed by atoms with Crippen molar-refractivity contribution in [3.05, 3.63) is 59.3 Å². The first kappa shape index (κ1) is 19.4. The molecule has 150 valence electrons. The van der Waals surface area contributed by atoms with E-state index in [9.17, 15) is 13.0 Å². The van der Waals surface area contributed by atoms with Crippen molar-refractivity contribution in [2.45, 2.75) is 30.8 Å². The Bertz CT molecular complexity index is 1140. The number of nitrogens with zero attached hydrogens (tertiary/aromatic N) is 1. The first-order valence-electron chi connectivity index (χ1n) is 9.03. The molecule has 29 heavy (non-hydrogen) atoms. The standard InChI is InChI=1S/C21H18F2N2O3S/c1-29(26)12-14-4-2-5-16-17(11-25-20(14)16)15(6-3-9-24)13-7-8-18-19(10-13)28-21(22,23)27-18/h2,4-5,7-8,10-11,15,25H,3,6,12H2,1H3. The van der Waals surface area contributed by atoms with E-state index in [-0.39, 0.29) is 17.4 Å². The van der Waals surface area contributed by atoms with E-state index in [1.807, 2.05) is 24.4 Å². The molecule has 0 aliphatic carbocycles. The number of aromatic nitrogens is 1. The number of nitrogens with one attached hydrogen (secondary N) is 1. The summed E-state index contributed by atoms with van der Waals surface area (Å²) in [5.74, 6) is 0.203. The molecule has 0 fully saturated rings. The van der Waals surface area contributed by atoms with Crippen LogP contribution in [0.3, 0.4) is 0 Å². The quantitative estimate of drug-likeness (QED) is 0.626. The Balaban J connectivity index is 1.78. The average molecular weight is 416 g/mol. The molecular weight excluding hydrogens is 398 g/mol. The number of hydrogen-bond acceptors (Lipinski definition) is 4. The number of nitriles is 1. The lowest BCUT2D eigenvalue weighted by molar-refractivity contribution is -0.286. The molecule has 3 aromatic rings. The summed E-state index contributed by atoms with van der Waals surface area (Å²) in [7, 11) is -0.987. The van der Waals surface area contributed by atoms with Gasteiger partial charge >= 0.3 is 6.29 Å². The van der Waals surface area contributed by atoms with Gasteiger partial charge in [-0.1, -0.05) is 24.3 Å². The minimum absolute atomic E-state index is 0.00980. The molecule has 8 heteroatoms. The molecule has 1 N–H and O–H groups in total. The van der Waals surface area contributed by atoms with Gasteiger partial charge in [0.25, 0.3) is 0 Å². The van der Waals surface area contributed by atoms with Crippen molar-refractivity contribution >= 4 is 21.7 Å². The number of hydrogen-bond donors (Lipinski definition) is 1. The van der Waals surface area contributed by atoms with E-state index in [0.717, 1.165) is 27.6 Å². The Kier molecular flexibility index (Phi) is 5.01. The van der Waals surface area contributed by atoms with Crippen LogP contribution in [0.2, 0.25) is 0 Å². The van der Waals surface area contributed by atoms with E-state index in [2.05, 4.69) is 20.5 Å². The fourth-order valence-corrected chi connectivity index (χ4v) is 4.44. The molecular formula is C21H18F2N2O3S. The zero-order chi connectivity index (χ0) is 20.6. The first-order chi connectivity index (χ1) is 13.9. The Labute approximate surface area is 168 Å². The molecule has 0 spiro atoms. The number of halogens is 2. The van der Waals surface area contributed by atoms with Crippen LogP contribution >= 0.6 is 0 Å². The highest BCUT2D eigenvalue weighted by Gasteiger charge is 2.43. The molecule has 0 saturated heterocycles. The second-order valence-corrected chi connectivity index (χ2v) is 8.36. The summed E-state index contributed by atoms with van der Waals surface area (Å²) in [4.78, 5) is 3.26.